The number of hydrogen-bond acceptors (Lipinski definition) is 14. The van der Waals surface area contributed by atoms with E-state index in [4.69, 9.17) is 0 Å². The molecular weight excluding hydrogens is 799 g/mol. The monoisotopic (exact) mass is 824 g/mol. The van der Waals surface area contributed by atoms with Crippen molar-refractivity contribution in [3.05, 3.63) is 158 Å². The van der Waals surface area contributed by atoms with Crippen molar-refractivity contribution in [2.24, 2.45) is 0 Å². The fraction of sp³-hybridized carbons (Fsp3) is 0. The smallest absolute Gasteiger partial charge is 0.742 e. The summed E-state index contributed by atoms with van der Waals surface area (Å²) in [7, 11) is -9.66. The van der Waals surface area contributed by atoms with E-state index in [1.54, 1.807) is 60.9 Å². The molecule has 0 spiro atoms. The molecule has 18 heteroatoms. The minimum absolute atomic E-state index is 0. The molecule has 0 saturated heterocycles. The standard InChI is InChI=1S/2C20H14N4O3S.2Na/c2*25-28(26,27)20-22-18(14-7-2-1-3-8-14)19(23-24-20)16-10-6-9-15(13-16)17-11-4-5-12-21-17;;/h2*1-13H,(H,25,26,27);;/q;;2*+1/p-2. The molecule has 4 aromatic carbocycles. The fourth-order valence-electron chi connectivity index (χ4n) is 5.54. The van der Waals surface area contributed by atoms with Crippen molar-refractivity contribution in [2.75, 3.05) is 0 Å². The van der Waals surface area contributed by atoms with Gasteiger partial charge >= 0.3 is 59.1 Å². The maximum Gasteiger partial charge on any atom is 1.00 e. The number of benzene rings is 4. The van der Waals surface area contributed by atoms with Gasteiger partial charge < -0.3 is 9.11 Å². The van der Waals surface area contributed by atoms with Crippen molar-refractivity contribution in [1.29, 1.82) is 0 Å². The van der Waals surface area contributed by atoms with Gasteiger partial charge in [-0.3, -0.25) is 9.97 Å². The van der Waals surface area contributed by atoms with Crippen LogP contribution >= 0.6 is 0 Å². The molecule has 0 aliphatic carbocycles. The molecule has 4 heterocycles. The van der Waals surface area contributed by atoms with Gasteiger partial charge in [0, 0.05) is 45.8 Å². The minimum atomic E-state index is -4.83. The zero-order chi connectivity index (χ0) is 39.1. The van der Waals surface area contributed by atoms with Crippen LogP contribution in [0.1, 0.15) is 0 Å². The van der Waals surface area contributed by atoms with Crippen LogP contribution in [-0.4, -0.2) is 66.3 Å². The van der Waals surface area contributed by atoms with Crippen LogP contribution in [0, 0.1) is 0 Å². The molecule has 0 aliphatic heterocycles. The van der Waals surface area contributed by atoms with Crippen molar-refractivity contribution in [3.8, 4) is 67.5 Å². The van der Waals surface area contributed by atoms with Crippen LogP contribution in [0.25, 0.3) is 67.5 Å². The summed E-state index contributed by atoms with van der Waals surface area (Å²) in [6.45, 7) is 0. The Morgan fingerprint density at radius 2 is 0.707 bits per heavy atom. The molecule has 276 valence electrons. The van der Waals surface area contributed by atoms with Gasteiger partial charge in [0.15, 0.2) is 20.2 Å². The number of pyridine rings is 2. The summed E-state index contributed by atoms with van der Waals surface area (Å²) in [4.78, 5) is 16.7. The van der Waals surface area contributed by atoms with Gasteiger partial charge in [0.25, 0.3) is 10.3 Å². The third-order valence-electron chi connectivity index (χ3n) is 8.07. The quantitative estimate of drug-likeness (QED) is 0.149. The van der Waals surface area contributed by atoms with Crippen LogP contribution in [0.2, 0.25) is 0 Å². The van der Waals surface area contributed by atoms with Crippen LogP contribution in [0.3, 0.4) is 0 Å². The minimum Gasteiger partial charge on any atom is -0.742 e. The third-order valence-corrected chi connectivity index (χ3v) is 9.31. The van der Waals surface area contributed by atoms with E-state index in [0.29, 0.717) is 33.6 Å². The average Bonchev–Trinajstić information content (AvgIpc) is 3.24. The number of nitrogens with zero attached hydrogens (tertiary/aromatic N) is 8. The van der Waals surface area contributed by atoms with Gasteiger partial charge in [-0.2, -0.15) is 0 Å². The average molecular weight is 825 g/mol. The van der Waals surface area contributed by atoms with Gasteiger partial charge in [0.2, 0.25) is 0 Å². The summed E-state index contributed by atoms with van der Waals surface area (Å²) in [5.41, 5.74) is 7.17. The van der Waals surface area contributed by atoms with Crippen LogP contribution in [0.15, 0.2) is 168 Å². The van der Waals surface area contributed by atoms with Crippen molar-refractivity contribution in [3.63, 3.8) is 0 Å². The van der Waals surface area contributed by atoms with Gasteiger partial charge in [0.05, 0.1) is 11.4 Å². The first kappa shape index (κ1) is 44.1. The van der Waals surface area contributed by atoms with Gasteiger partial charge in [-0.15, -0.1) is 20.4 Å². The largest absolute Gasteiger partial charge is 1.00 e. The second kappa shape index (κ2) is 19.6. The van der Waals surface area contributed by atoms with E-state index in [0.717, 1.165) is 22.5 Å². The molecule has 0 saturated carbocycles. The number of aromatic nitrogens is 8. The molecule has 8 aromatic rings. The SMILES string of the molecule is O=S(=O)([O-])c1nnc(-c2cccc(-c3ccccn3)c2)c(-c2ccccc2)n1.O=S(=O)([O-])c1nnc(-c2cccc(-c3ccccn3)c2)c(-c2ccccc2)n1.[Na+].[Na+]. The summed E-state index contributed by atoms with van der Waals surface area (Å²) in [6, 6.07) is 43.9. The second-order valence-corrected chi connectivity index (χ2v) is 14.4. The van der Waals surface area contributed by atoms with E-state index >= 15 is 0 Å². The van der Waals surface area contributed by atoms with E-state index in [9.17, 15) is 25.9 Å². The first-order valence-electron chi connectivity index (χ1n) is 16.6. The van der Waals surface area contributed by atoms with Crippen molar-refractivity contribution < 1.29 is 85.1 Å². The summed E-state index contributed by atoms with van der Waals surface area (Å²) in [5, 5.41) is 13.4. The molecule has 0 atom stereocenters. The zero-order valence-electron chi connectivity index (χ0n) is 30.9. The Morgan fingerprint density at radius 3 is 1.05 bits per heavy atom. The maximum absolute atomic E-state index is 11.4. The Kier molecular flexibility index (Phi) is 14.9. The van der Waals surface area contributed by atoms with Crippen molar-refractivity contribution in [2.45, 2.75) is 10.3 Å². The van der Waals surface area contributed by atoms with E-state index < -0.39 is 30.5 Å². The summed E-state index contributed by atoms with van der Waals surface area (Å²) in [5.74, 6) is 0. The van der Waals surface area contributed by atoms with Gasteiger partial charge in [-0.05, 0) is 36.4 Å². The zero-order valence-corrected chi connectivity index (χ0v) is 36.5. The first-order chi connectivity index (χ1) is 27.0. The van der Waals surface area contributed by atoms with E-state index in [1.165, 1.54) is 0 Å². The number of rotatable bonds is 8. The molecule has 0 N–H and O–H groups in total. The molecule has 14 nitrogen and oxygen atoms in total. The van der Waals surface area contributed by atoms with Crippen molar-refractivity contribution >= 4 is 20.2 Å². The van der Waals surface area contributed by atoms with Gasteiger partial charge in [-0.25, -0.2) is 26.8 Å². The van der Waals surface area contributed by atoms with Crippen LogP contribution in [0.4, 0.5) is 0 Å². The van der Waals surface area contributed by atoms with E-state index in [-0.39, 0.29) is 70.5 Å². The topological polar surface area (TPSA) is 218 Å². The van der Waals surface area contributed by atoms with Gasteiger partial charge in [-0.1, -0.05) is 109 Å². The third kappa shape index (κ3) is 10.7. The Labute approximate surface area is 378 Å². The first-order valence-corrected chi connectivity index (χ1v) is 19.4. The van der Waals surface area contributed by atoms with E-state index in [2.05, 4.69) is 40.3 Å². The van der Waals surface area contributed by atoms with Gasteiger partial charge in [0.1, 0.15) is 22.8 Å². The van der Waals surface area contributed by atoms with Crippen LogP contribution < -0.4 is 59.1 Å². The molecular formula is C40H26N8Na2O6S2. The predicted molar refractivity (Wildman–Crippen MR) is 204 cm³/mol. The Hall–Kier alpha value is -4.98. The second-order valence-electron chi connectivity index (χ2n) is 11.8. The molecule has 8 rings (SSSR count). The molecule has 0 fully saturated rings. The Balaban J connectivity index is 0.000000214. The Bertz CT molecular complexity index is 2670. The molecule has 0 unspecified atom stereocenters. The normalized spacial score (nSPS) is 10.9. The molecule has 0 amide bonds. The summed E-state index contributed by atoms with van der Waals surface area (Å²) >= 11 is 0. The summed E-state index contributed by atoms with van der Waals surface area (Å²) < 4.78 is 68.2. The molecule has 0 bridgehead atoms. The Morgan fingerprint density at radius 1 is 0.362 bits per heavy atom. The number of hydrogen-bond donors (Lipinski definition) is 0. The van der Waals surface area contributed by atoms with Crippen LogP contribution in [0.5, 0.6) is 0 Å². The molecule has 0 radical (unpaired) electrons. The maximum atomic E-state index is 11.4. The van der Waals surface area contributed by atoms with E-state index in [1.807, 2.05) is 97.1 Å². The summed E-state index contributed by atoms with van der Waals surface area (Å²) in [6.07, 6.45) is 3.40. The van der Waals surface area contributed by atoms with Crippen molar-refractivity contribution in [1.82, 2.24) is 40.3 Å². The molecule has 4 aromatic heterocycles. The molecule has 58 heavy (non-hydrogen) atoms. The predicted octanol–water partition coefficient (Wildman–Crippen LogP) is 0.351. The van der Waals surface area contributed by atoms with Crippen LogP contribution in [-0.2, 0) is 20.2 Å². The fourth-order valence-corrected chi connectivity index (χ4v) is 6.22. The molecule has 0 aliphatic rings.